The third-order valence-corrected chi connectivity index (χ3v) is 18.9. The predicted octanol–water partition coefficient (Wildman–Crippen LogP) is 20.4. The lowest BCUT2D eigenvalue weighted by atomic mass is 9.88. The van der Waals surface area contributed by atoms with Gasteiger partial charge < -0.3 is 9.13 Å². The molecular weight excluding hydrogens is 969 g/mol. The molecule has 0 aliphatic rings. The molecule has 0 saturated heterocycles. The molecule has 0 aliphatic carbocycles. The second kappa shape index (κ2) is 16.1. The molecule has 16 aromatic rings. The minimum Gasteiger partial charge on any atom is -0.316 e. The Morgan fingerprint density at radius 2 is 0.827 bits per heavy atom. The molecule has 4 nitrogen and oxygen atoms in total. The summed E-state index contributed by atoms with van der Waals surface area (Å²) >= 11 is 5.39. The van der Waals surface area contributed by atoms with Crippen molar-refractivity contribution in [3.8, 4) is 50.8 Å². The molecular formula is C68H36N4S3. The summed E-state index contributed by atoms with van der Waals surface area (Å²) in [7, 11) is 0. The average Bonchev–Trinajstić information content (AvgIpc) is 4.44. The van der Waals surface area contributed by atoms with E-state index in [1.807, 2.05) is 34.8 Å². The summed E-state index contributed by atoms with van der Waals surface area (Å²) in [6.07, 6.45) is 0. The Hall–Kier alpha value is -9.34. The molecule has 0 bridgehead atoms. The van der Waals surface area contributed by atoms with Gasteiger partial charge in [-0.3, -0.25) is 0 Å². The van der Waals surface area contributed by atoms with Gasteiger partial charge in [-0.25, -0.2) is 4.85 Å². The maximum absolute atomic E-state index is 12.5. The molecule has 0 radical (unpaired) electrons. The van der Waals surface area contributed by atoms with E-state index in [-0.39, 0.29) is 0 Å². The Bertz CT molecular complexity index is 4990. The summed E-state index contributed by atoms with van der Waals surface area (Å²) in [5.41, 5.74) is 11.8. The van der Waals surface area contributed by atoms with Crippen LogP contribution in [0, 0.1) is 17.9 Å². The van der Waals surface area contributed by atoms with Gasteiger partial charge in [0, 0.05) is 79.1 Å². The minimum atomic E-state index is 0.413. The summed E-state index contributed by atoms with van der Waals surface area (Å²) in [6.45, 7) is 9.72. The van der Waals surface area contributed by atoms with Gasteiger partial charge >= 0.3 is 0 Å². The monoisotopic (exact) mass is 1000 g/mol. The number of aromatic nitrogens is 2. The Balaban J connectivity index is 1.19. The lowest BCUT2D eigenvalue weighted by molar-refractivity contribution is 1.15. The quantitative estimate of drug-likeness (QED) is 0.158. The first-order valence-electron chi connectivity index (χ1n) is 24.9. The topological polar surface area (TPSA) is 38.0 Å². The van der Waals surface area contributed by atoms with Crippen LogP contribution in [-0.2, 0) is 0 Å². The van der Waals surface area contributed by atoms with Crippen molar-refractivity contribution in [2.24, 2.45) is 0 Å². The first-order chi connectivity index (χ1) is 37.2. The third-order valence-electron chi connectivity index (χ3n) is 15.4. The Kier molecular flexibility index (Phi) is 9.05. The lowest BCUT2D eigenvalue weighted by Gasteiger charge is -2.26. The number of hydrogen-bond acceptors (Lipinski definition) is 4. The van der Waals surface area contributed by atoms with Gasteiger partial charge in [-0.05, 0) is 52.6 Å². The highest BCUT2D eigenvalue weighted by Crippen LogP contribution is 2.56. The van der Waals surface area contributed by atoms with Crippen molar-refractivity contribution >= 4 is 144 Å². The molecule has 0 amide bonds. The van der Waals surface area contributed by atoms with Crippen molar-refractivity contribution in [2.45, 2.75) is 0 Å². The molecule has 7 heteroatoms. The molecule has 0 aliphatic heterocycles. The second-order valence-electron chi connectivity index (χ2n) is 19.2. The molecule has 0 fully saturated rings. The van der Waals surface area contributed by atoms with E-state index in [9.17, 15) is 11.8 Å². The number of hydrogen-bond donors (Lipinski definition) is 0. The second-order valence-corrected chi connectivity index (χ2v) is 22.3. The van der Waals surface area contributed by atoms with E-state index < -0.39 is 0 Å². The third kappa shape index (κ3) is 5.83. The van der Waals surface area contributed by atoms with Gasteiger partial charge in [0.2, 0.25) is 5.69 Å². The van der Waals surface area contributed by atoms with Crippen molar-refractivity contribution < 1.29 is 0 Å². The van der Waals surface area contributed by atoms with Crippen molar-refractivity contribution in [1.82, 2.24) is 9.13 Å². The number of nitrogens with zero attached hydrogens (tertiary/aromatic N) is 4. The van der Waals surface area contributed by atoms with Crippen LogP contribution in [-0.4, -0.2) is 9.13 Å². The molecule has 0 spiro atoms. The highest BCUT2D eigenvalue weighted by molar-refractivity contribution is 7.27. The zero-order valence-corrected chi connectivity index (χ0v) is 42.2. The summed E-state index contributed by atoms with van der Waals surface area (Å²) in [4.78, 5) is 4.76. The van der Waals surface area contributed by atoms with Gasteiger partial charge in [0.1, 0.15) is 6.07 Å². The number of fused-ring (bicyclic) bond motifs is 18. The summed E-state index contributed by atoms with van der Waals surface area (Å²) < 4.78 is 11.8. The Morgan fingerprint density at radius 1 is 0.387 bits per heavy atom. The summed E-state index contributed by atoms with van der Waals surface area (Å²) in [5, 5.41) is 23.9. The first kappa shape index (κ1) is 42.2. The number of nitriles is 1. The maximum Gasteiger partial charge on any atom is 0.221 e. The molecule has 5 aromatic heterocycles. The molecule has 16 rings (SSSR count). The molecule has 75 heavy (non-hydrogen) atoms. The van der Waals surface area contributed by atoms with Crippen molar-refractivity contribution in [2.75, 3.05) is 0 Å². The van der Waals surface area contributed by atoms with Crippen molar-refractivity contribution in [3.63, 3.8) is 0 Å². The standard InChI is InChI=1S/C68H36N4S3/c1-70-60-58(41-23-9-4-10-24-41)64(72-62-45(33-35-47-42-25-12-16-30-54(42)73-66(47)62)46-34-36-48-43-26-13-17-31-55(43)74-67(48)63(46)72)57(40-21-7-3-8-22-40)52(38-69)61(60)71-53-29-15-11-28-49(53)59-50(39-19-5-2-6-20-39)37-51-44-27-14-18-32-56(44)75-68(51)65(59)71/h2-37H. The molecule has 0 atom stereocenters. The molecule has 11 aromatic carbocycles. The largest absolute Gasteiger partial charge is 0.316 e. The number of rotatable bonds is 5. The highest BCUT2D eigenvalue weighted by atomic mass is 32.1. The molecule has 0 saturated carbocycles. The van der Waals surface area contributed by atoms with E-state index in [1.54, 1.807) is 11.3 Å². The molecule has 0 N–H and O–H groups in total. The first-order valence-corrected chi connectivity index (χ1v) is 27.4. The SMILES string of the molecule is [C-]#[N+]c1c(-c2ccccc2)c(-n2c3c(ccc4c5ccccc5sc43)c3ccc4c5ccccc5sc4c32)c(-c2ccccc2)c(C#N)c1-n1c2ccccc2c2c(-c3ccccc3)cc3c4ccccc4sc3c21. The van der Waals surface area contributed by atoms with Crippen LogP contribution >= 0.6 is 34.0 Å². The Morgan fingerprint density at radius 3 is 1.36 bits per heavy atom. The van der Waals surface area contributed by atoms with Crippen LogP contribution in [0.4, 0.5) is 5.69 Å². The zero-order chi connectivity index (χ0) is 49.5. The summed E-state index contributed by atoms with van der Waals surface area (Å²) in [5.74, 6) is 0. The van der Waals surface area contributed by atoms with Crippen LogP contribution in [0.1, 0.15) is 5.56 Å². The van der Waals surface area contributed by atoms with E-state index in [4.69, 9.17) is 4.85 Å². The van der Waals surface area contributed by atoms with E-state index in [0.29, 0.717) is 16.9 Å². The van der Waals surface area contributed by atoms with E-state index in [0.717, 1.165) is 102 Å². The molecule has 5 heterocycles. The normalized spacial score (nSPS) is 12.0. The highest BCUT2D eigenvalue weighted by Gasteiger charge is 2.34. The van der Waals surface area contributed by atoms with Crippen molar-refractivity contribution in [1.29, 1.82) is 5.26 Å². The fourth-order valence-electron chi connectivity index (χ4n) is 12.3. The van der Waals surface area contributed by atoms with Crippen LogP contribution in [0.15, 0.2) is 218 Å². The van der Waals surface area contributed by atoms with Crippen LogP contribution in [0.3, 0.4) is 0 Å². The number of para-hydroxylation sites is 1. The van der Waals surface area contributed by atoms with E-state index in [2.05, 4.69) is 221 Å². The minimum absolute atomic E-state index is 0.413. The zero-order valence-electron chi connectivity index (χ0n) is 39.8. The van der Waals surface area contributed by atoms with Crippen LogP contribution < -0.4 is 0 Å². The number of thiophene rings is 3. The van der Waals surface area contributed by atoms with Gasteiger partial charge in [0.05, 0.1) is 59.7 Å². The maximum atomic E-state index is 12.5. The predicted molar refractivity (Wildman–Crippen MR) is 321 cm³/mol. The van der Waals surface area contributed by atoms with Crippen molar-refractivity contribution in [3.05, 3.63) is 235 Å². The van der Waals surface area contributed by atoms with Crippen LogP contribution in [0.5, 0.6) is 0 Å². The average molecular weight is 1010 g/mol. The van der Waals surface area contributed by atoms with Gasteiger partial charge in [-0.1, -0.05) is 188 Å². The molecule has 346 valence electrons. The van der Waals surface area contributed by atoms with Gasteiger partial charge in [0.25, 0.3) is 0 Å². The lowest BCUT2D eigenvalue weighted by Crippen LogP contribution is -2.08. The van der Waals surface area contributed by atoms with Crippen LogP contribution in [0.25, 0.3) is 154 Å². The molecule has 0 unspecified atom stereocenters. The van der Waals surface area contributed by atoms with Crippen LogP contribution in [0.2, 0.25) is 0 Å². The van der Waals surface area contributed by atoms with Gasteiger partial charge in [-0.2, -0.15) is 5.26 Å². The van der Waals surface area contributed by atoms with Gasteiger partial charge in [0.15, 0.2) is 0 Å². The van der Waals surface area contributed by atoms with E-state index >= 15 is 0 Å². The smallest absolute Gasteiger partial charge is 0.221 e. The van der Waals surface area contributed by atoms with E-state index in [1.165, 1.54) is 41.0 Å². The summed E-state index contributed by atoms with van der Waals surface area (Å²) in [6, 6.07) is 80.6. The fourth-order valence-corrected chi connectivity index (χ4v) is 16.0. The van der Waals surface area contributed by atoms with Gasteiger partial charge in [-0.15, -0.1) is 34.0 Å². The fraction of sp³-hybridized carbons (Fsp3) is 0. The Labute approximate surface area is 441 Å². The number of benzene rings is 11.